The molecule has 0 atom stereocenters. The van der Waals surface area contributed by atoms with Crippen LogP contribution in [-0.4, -0.2) is 25.2 Å². The lowest BCUT2D eigenvalue weighted by Gasteiger charge is -2.14. The lowest BCUT2D eigenvalue weighted by atomic mass is 9.98. The highest BCUT2D eigenvalue weighted by Crippen LogP contribution is 2.44. The van der Waals surface area contributed by atoms with Crippen LogP contribution in [-0.2, 0) is 9.53 Å². The van der Waals surface area contributed by atoms with Crippen molar-refractivity contribution in [2.24, 2.45) is 0 Å². The van der Waals surface area contributed by atoms with E-state index in [9.17, 15) is 9.59 Å². The van der Waals surface area contributed by atoms with Gasteiger partial charge in [-0.05, 0) is 46.5 Å². The number of rotatable bonds is 6. The summed E-state index contributed by atoms with van der Waals surface area (Å²) >= 11 is 3.35. The first-order valence-electron chi connectivity index (χ1n) is 9.76. The van der Waals surface area contributed by atoms with Crippen molar-refractivity contribution in [3.63, 3.8) is 0 Å². The summed E-state index contributed by atoms with van der Waals surface area (Å²) < 4.78 is 6.41. The van der Waals surface area contributed by atoms with Gasteiger partial charge in [0, 0.05) is 29.0 Å². The maximum absolute atomic E-state index is 12.1. The predicted molar refractivity (Wildman–Crippen MR) is 120 cm³/mol. The standard InChI is InChI=1S/C24H21BrN2O3/c25-16-9-11-17(12-10-16)27-23(28)13-14-26-24(29)30-15-22-20-7-3-1-5-18(20)19-6-2-4-8-21(19)22/h1-12,22H,13-15H2,(H,26,29)(H,27,28). The third-order valence-corrected chi connectivity index (χ3v) is 5.62. The monoisotopic (exact) mass is 464 g/mol. The predicted octanol–water partition coefficient (Wildman–Crippen LogP) is 5.32. The molecule has 3 aromatic rings. The Morgan fingerprint density at radius 1 is 0.867 bits per heavy atom. The third-order valence-electron chi connectivity index (χ3n) is 5.09. The van der Waals surface area contributed by atoms with Crippen molar-refractivity contribution in [3.05, 3.63) is 88.4 Å². The Morgan fingerprint density at radius 3 is 2.10 bits per heavy atom. The molecule has 6 heteroatoms. The van der Waals surface area contributed by atoms with E-state index in [0.29, 0.717) is 5.69 Å². The van der Waals surface area contributed by atoms with Gasteiger partial charge in [0.1, 0.15) is 6.61 Å². The Balaban J connectivity index is 1.26. The number of carbonyl (C=O) groups is 2. The summed E-state index contributed by atoms with van der Waals surface area (Å²) in [6.45, 7) is 0.462. The number of fused-ring (bicyclic) bond motifs is 3. The van der Waals surface area contributed by atoms with Gasteiger partial charge in [0.25, 0.3) is 0 Å². The summed E-state index contributed by atoms with van der Waals surface area (Å²) in [5.41, 5.74) is 5.42. The van der Waals surface area contributed by atoms with Crippen LogP contribution in [0.25, 0.3) is 11.1 Å². The average molecular weight is 465 g/mol. The molecule has 0 unspecified atom stereocenters. The van der Waals surface area contributed by atoms with Crippen molar-refractivity contribution in [3.8, 4) is 11.1 Å². The first-order valence-corrected chi connectivity index (χ1v) is 10.6. The Kier molecular flexibility index (Phi) is 6.14. The van der Waals surface area contributed by atoms with Crippen molar-refractivity contribution in [2.75, 3.05) is 18.5 Å². The molecule has 4 rings (SSSR count). The second-order valence-electron chi connectivity index (χ2n) is 7.06. The molecule has 152 valence electrons. The maximum atomic E-state index is 12.1. The lowest BCUT2D eigenvalue weighted by Crippen LogP contribution is -2.29. The lowest BCUT2D eigenvalue weighted by molar-refractivity contribution is -0.116. The molecule has 1 aliphatic carbocycles. The number of carbonyl (C=O) groups excluding carboxylic acids is 2. The highest BCUT2D eigenvalue weighted by molar-refractivity contribution is 9.10. The summed E-state index contributed by atoms with van der Waals surface area (Å²) in [6, 6.07) is 23.7. The SMILES string of the molecule is O=C(CCNC(=O)OCC1c2ccccc2-c2ccccc21)Nc1ccc(Br)cc1. The number of hydrogen-bond donors (Lipinski definition) is 2. The second kappa shape index (κ2) is 9.13. The van der Waals surface area contributed by atoms with Crippen LogP contribution in [0.1, 0.15) is 23.5 Å². The van der Waals surface area contributed by atoms with E-state index in [-0.39, 0.29) is 31.4 Å². The molecule has 1 aliphatic rings. The van der Waals surface area contributed by atoms with Crippen LogP contribution in [0.2, 0.25) is 0 Å². The van der Waals surface area contributed by atoms with Crippen LogP contribution in [0.5, 0.6) is 0 Å². The average Bonchev–Trinajstić information content (AvgIpc) is 3.08. The number of amides is 2. The van der Waals surface area contributed by atoms with Gasteiger partial charge in [0.15, 0.2) is 0 Å². The molecular weight excluding hydrogens is 444 g/mol. The summed E-state index contributed by atoms with van der Waals surface area (Å²) in [5.74, 6) is -0.153. The first-order chi connectivity index (χ1) is 14.6. The second-order valence-corrected chi connectivity index (χ2v) is 7.97. The minimum atomic E-state index is -0.520. The van der Waals surface area contributed by atoms with Gasteiger partial charge in [-0.15, -0.1) is 0 Å². The van der Waals surface area contributed by atoms with Crippen LogP contribution in [0.3, 0.4) is 0 Å². The van der Waals surface area contributed by atoms with Gasteiger partial charge in [0.05, 0.1) is 0 Å². The fourth-order valence-corrected chi connectivity index (χ4v) is 3.95. The largest absolute Gasteiger partial charge is 0.449 e. The van der Waals surface area contributed by atoms with Crippen molar-refractivity contribution >= 4 is 33.6 Å². The number of anilines is 1. The van der Waals surface area contributed by atoms with Gasteiger partial charge in [-0.1, -0.05) is 64.5 Å². The van der Waals surface area contributed by atoms with E-state index in [1.54, 1.807) is 12.1 Å². The molecule has 3 aromatic carbocycles. The number of nitrogens with one attached hydrogen (secondary N) is 2. The molecular formula is C24H21BrN2O3. The third kappa shape index (κ3) is 4.54. The molecule has 2 N–H and O–H groups in total. The van der Waals surface area contributed by atoms with Gasteiger partial charge in [-0.3, -0.25) is 4.79 Å². The van der Waals surface area contributed by atoms with Crippen LogP contribution >= 0.6 is 15.9 Å². The minimum Gasteiger partial charge on any atom is -0.449 e. The topological polar surface area (TPSA) is 67.4 Å². The zero-order chi connectivity index (χ0) is 20.9. The number of hydrogen-bond acceptors (Lipinski definition) is 3. The molecule has 0 saturated carbocycles. The zero-order valence-corrected chi connectivity index (χ0v) is 17.8. The quantitative estimate of drug-likeness (QED) is 0.518. The van der Waals surface area contributed by atoms with Gasteiger partial charge < -0.3 is 15.4 Å². The van der Waals surface area contributed by atoms with Crippen molar-refractivity contribution in [1.82, 2.24) is 5.32 Å². The first kappa shape index (κ1) is 20.2. The number of halogens is 1. The van der Waals surface area contributed by atoms with Crippen molar-refractivity contribution < 1.29 is 14.3 Å². The number of benzene rings is 3. The molecule has 0 spiro atoms. The van der Waals surface area contributed by atoms with Gasteiger partial charge in [0.2, 0.25) is 5.91 Å². The van der Waals surface area contributed by atoms with E-state index < -0.39 is 6.09 Å². The minimum absolute atomic E-state index is 0.0175. The van der Waals surface area contributed by atoms with Crippen LogP contribution in [0, 0.1) is 0 Å². The highest BCUT2D eigenvalue weighted by atomic mass is 79.9. The van der Waals surface area contributed by atoms with Crippen molar-refractivity contribution in [1.29, 1.82) is 0 Å². The zero-order valence-electron chi connectivity index (χ0n) is 16.2. The van der Waals surface area contributed by atoms with Gasteiger partial charge >= 0.3 is 6.09 Å². The Hall–Kier alpha value is -3.12. The normalized spacial score (nSPS) is 12.0. The molecule has 0 heterocycles. The maximum Gasteiger partial charge on any atom is 0.407 e. The smallest absolute Gasteiger partial charge is 0.407 e. The van der Waals surface area contributed by atoms with Gasteiger partial charge in [-0.2, -0.15) is 0 Å². The number of ether oxygens (including phenoxy) is 1. The van der Waals surface area contributed by atoms with Crippen LogP contribution < -0.4 is 10.6 Å². The summed E-state index contributed by atoms with van der Waals surface area (Å²) in [7, 11) is 0. The Morgan fingerprint density at radius 2 is 1.47 bits per heavy atom. The summed E-state index contributed by atoms with van der Waals surface area (Å²) in [6.07, 6.45) is -0.353. The van der Waals surface area contributed by atoms with E-state index in [0.717, 1.165) is 4.47 Å². The molecule has 0 aliphatic heterocycles. The highest BCUT2D eigenvalue weighted by Gasteiger charge is 2.28. The van der Waals surface area contributed by atoms with E-state index in [1.165, 1.54) is 22.3 Å². The summed E-state index contributed by atoms with van der Waals surface area (Å²) in [5, 5.41) is 5.44. The molecule has 0 aromatic heterocycles. The Labute approximate surface area is 183 Å². The van der Waals surface area contributed by atoms with E-state index in [1.807, 2.05) is 36.4 Å². The molecule has 0 fully saturated rings. The molecule has 30 heavy (non-hydrogen) atoms. The van der Waals surface area contributed by atoms with Crippen molar-refractivity contribution in [2.45, 2.75) is 12.3 Å². The molecule has 2 amide bonds. The summed E-state index contributed by atoms with van der Waals surface area (Å²) in [4.78, 5) is 24.1. The van der Waals surface area contributed by atoms with E-state index in [4.69, 9.17) is 4.74 Å². The molecule has 0 bridgehead atoms. The molecule has 5 nitrogen and oxygen atoms in total. The van der Waals surface area contributed by atoms with Crippen LogP contribution in [0.4, 0.5) is 10.5 Å². The number of alkyl carbamates (subject to hydrolysis) is 1. The fraction of sp³-hybridized carbons (Fsp3) is 0.167. The Bertz CT molecular complexity index is 1020. The molecule has 0 saturated heterocycles. The molecule has 0 radical (unpaired) electrons. The van der Waals surface area contributed by atoms with E-state index in [2.05, 4.69) is 50.8 Å². The fourth-order valence-electron chi connectivity index (χ4n) is 3.68. The van der Waals surface area contributed by atoms with E-state index >= 15 is 0 Å². The van der Waals surface area contributed by atoms with Gasteiger partial charge in [-0.25, -0.2) is 4.79 Å². The van der Waals surface area contributed by atoms with Crippen LogP contribution in [0.15, 0.2) is 77.3 Å².